The highest BCUT2D eigenvalue weighted by molar-refractivity contribution is 6.32. The zero-order valence-electron chi connectivity index (χ0n) is 20.7. The van der Waals surface area contributed by atoms with Gasteiger partial charge in [-0.05, 0) is 65.9 Å². The second-order valence-electron chi connectivity index (χ2n) is 8.59. The quantitative estimate of drug-likeness (QED) is 0.203. The fourth-order valence-electron chi connectivity index (χ4n) is 4.07. The van der Waals surface area contributed by atoms with Crippen LogP contribution in [0.25, 0.3) is 10.8 Å². The van der Waals surface area contributed by atoms with Crippen LogP contribution < -0.4 is 14.9 Å². The summed E-state index contributed by atoms with van der Waals surface area (Å²) in [6.07, 6.45) is 1.80. The maximum Gasteiger partial charge on any atom is 0.244 e. The molecule has 0 atom stereocenters. The van der Waals surface area contributed by atoms with Crippen LogP contribution in [-0.2, 0) is 17.8 Å². The first kappa shape index (κ1) is 25.3. The van der Waals surface area contributed by atoms with Crippen molar-refractivity contribution in [2.75, 3.05) is 6.61 Å². The Morgan fingerprint density at radius 3 is 2.58 bits per heavy atom. The van der Waals surface area contributed by atoms with Crippen LogP contribution in [0.15, 0.2) is 77.9 Å². The second-order valence-corrected chi connectivity index (χ2v) is 9.00. The van der Waals surface area contributed by atoms with Gasteiger partial charge in [0, 0.05) is 0 Å². The number of ether oxygens (including phenoxy) is 2. The minimum Gasteiger partial charge on any atom is -0.490 e. The number of nitrogens with one attached hydrogen (secondary N) is 1. The van der Waals surface area contributed by atoms with Crippen LogP contribution in [0.5, 0.6) is 11.5 Å². The third kappa shape index (κ3) is 6.23. The molecule has 4 rings (SSSR count). The number of hydrazone groups is 1. The van der Waals surface area contributed by atoms with Crippen molar-refractivity contribution in [2.24, 2.45) is 5.10 Å². The summed E-state index contributed by atoms with van der Waals surface area (Å²) < 4.78 is 11.9. The van der Waals surface area contributed by atoms with Crippen LogP contribution in [-0.4, -0.2) is 18.7 Å². The lowest BCUT2D eigenvalue weighted by atomic mass is 10.0. The molecular weight excluding hydrogens is 472 g/mol. The third-order valence-corrected chi connectivity index (χ3v) is 6.12. The number of hydrogen-bond acceptors (Lipinski definition) is 4. The third-order valence-electron chi connectivity index (χ3n) is 5.84. The monoisotopic (exact) mass is 500 g/mol. The van der Waals surface area contributed by atoms with E-state index in [1.807, 2.05) is 57.2 Å². The van der Waals surface area contributed by atoms with E-state index in [1.54, 1.807) is 18.3 Å². The zero-order valence-corrected chi connectivity index (χ0v) is 21.4. The fourth-order valence-corrected chi connectivity index (χ4v) is 4.34. The van der Waals surface area contributed by atoms with Crippen LogP contribution in [0.2, 0.25) is 5.02 Å². The molecule has 0 radical (unpaired) electrons. The number of fused-ring (bicyclic) bond motifs is 1. The maximum absolute atomic E-state index is 12.3. The zero-order chi connectivity index (χ0) is 25.5. The lowest BCUT2D eigenvalue weighted by Crippen LogP contribution is -2.20. The van der Waals surface area contributed by atoms with E-state index in [-0.39, 0.29) is 12.3 Å². The Morgan fingerprint density at radius 2 is 1.78 bits per heavy atom. The molecule has 0 aliphatic carbocycles. The number of nitrogens with zero attached hydrogens (tertiary/aromatic N) is 1. The van der Waals surface area contributed by atoms with Crippen LogP contribution in [0, 0.1) is 13.8 Å². The van der Waals surface area contributed by atoms with Crippen molar-refractivity contribution in [1.29, 1.82) is 0 Å². The van der Waals surface area contributed by atoms with Gasteiger partial charge in [-0.1, -0.05) is 77.8 Å². The molecule has 4 aromatic rings. The SMILES string of the molecule is CCOc1cc(/C=N\NC(=O)Cc2ccc(C)cc2C)cc(Cl)c1OCc1cccc2ccccc12. The van der Waals surface area contributed by atoms with Gasteiger partial charge in [0.2, 0.25) is 5.91 Å². The van der Waals surface area contributed by atoms with Crippen molar-refractivity contribution in [3.8, 4) is 11.5 Å². The van der Waals surface area contributed by atoms with Gasteiger partial charge in [0.25, 0.3) is 0 Å². The molecule has 184 valence electrons. The molecule has 0 aromatic heterocycles. The summed E-state index contributed by atoms with van der Waals surface area (Å²) in [4.78, 5) is 12.3. The number of halogens is 1. The van der Waals surface area contributed by atoms with E-state index in [1.165, 1.54) is 5.56 Å². The minimum atomic E-state index is -0.190. The molecule has 5 nitrogen and oxygen atoms in total. The highest BCUT2D eigenvalue weighted by atomic mass is 35.5. The van der Waals surface area contributed by atoms with Crippen LogP contribution in [0.1, 0.15) is 34.7 Å². The minimum absolute atomic E-state index is 0.190. The number of aryl methyl sites for hydroxylation is 2. The summed E-state index contributed by atoms with van der Waals surface area (Å²) >= 11 is 6.58. The van der Waals surface area contributed by atoms with E-state index in [0.717, 1.165) is 27.5 Å². The second kappa shape index (κ2) is 11.7. The summed E-state index contributed by atoms with van der Waals surface area (Å²) in [5.74, 6) is 0.806. The summed E-state index contributed by atoms with van der Waals surface area (Å²) in [6.45, 7) is 6.73. The molecule has 0 saturated heterocycles. The smallest absolute Gasteiger partial charge is 0.244 e. The molecule has 6 heteroatoms. The molecule has 1 amide bonds. The van der Waals surface area contributed by atoms with Gasteiger partial charge < -0.3 is 9.47 Å². The lowest BCUT2D eigenvalue weighted by molar-refractivity contribution is -0.120. The van der Waals surface area contributed by atoms with Gasteiger partial charge >= 0.3 is 0 Å². The topological polar surface area (TPSA) is 59.9 Å². The van der Waals surface area contributed by atoms with Gasteiger partial charge in [-0.15, -0.1) is 0 Å². The lowest BCUT2D eigenvalue weighted by Gasteiger charge is -2.15. The number of hydrogen-bond donors (Lipinski definition) is 1. The van der Waals surface area contributed by atoms with Gasteiger partial charge in [-0.25, -0.2) is 5.43 Å². The molecule has 4 aromatic carbocycles. The molecular formula is C30H29ClN2O3. The predicted molar refractivity (Wildman–Crippen MR) is 146 cm³/mol. The number of carbonyl (C=O) groups is 1. The molecule has 0 fully saturated rings. The van der Waals surface area contributed by atoms with E-state index >= 15 is 0 Å². The number of amides is 1. The molecule has 0 spiro atoms. The van der Waals surface area contributed by atoms with Crippen molar-refractivity contribution in [2.45, 2.75) is 33.8 Å². The molecule has 0 bridgehead atoms. The Labute approximate surface area is 216 Å². The predicted octanol–water partition coefficient (Wildman–Crippen LogP) is 6.78. The molecule has 0 heterocycles. The largest absolute Gasteiger partial charge is 0.490 e. The Bertz CT molecular complexity index is 1410. The molecule has 1 N–H and O–H groups in total. The Morgan fingerprint density at radius 1 is 0.972 bits per heavy atom. The first-order valence-corrected chi connectivity index (χ1v) is 12.3. The first-order valence-electron chi connectivity index (χ1n) is 11.9. The van der Waals surface area contributed by atoms with E-state index in [9.17, 15) is 4.79 Å². The van der Waals surface area contributed by atoms with Crippen molar-refractivity contribution in [3.63, 3.8) is 0 Å². The van der Waals surface area contributed by atoms with Gasteiger partial charge in [0.1, 0.15) is 6.61 Å². The standard InChI is InChI=1S/C30H29ClN2O3/c1-4-35-28-16-22(18-32-33-29(34)17-24-13-12-20(2)14-21(24)3)15-27(31)30(28)36-19-25-10-7-9-23-8-5-6-11-26(23)25/h5-16,18H,4,17,19H2,1-3H3,(H,33,34)/b32-18-. The van der Waals surface area contributed by atoms with Gasteiger partial charge in [0.15, 0.2) is 11.5 Å². The van der Waals surface area contributed by atoms with Crippen molar-refractivity contribution in [3.05, 3.63) is 106 Å². The summed E-state index contributed by atoms with van der Waals surface area (Å²) in [7, 11) is 0. The van der Waals surface area contributed by atoms with E-state index in [2.05, 4.69) is 34.8 Å². The van der Waals surface area contributed by atoms with Crippen molar-refractivity contribution in [1.82, 2.24) is 5.43 Å². The molecule has 0 aliphatic heterocycles. The van der Waals surface area contributed by atoms with Gasteiger partial charge in [-0.2, -0.15) is 5.10 Å². The van der Waals surface area contributed by atoms with Crippen LogP contribution in [0.4, 0.5) is 0 Å². The summed E-state index contributed by atoms with van der Waals surface area (Å²) in [6, 6.07) is 23.9. The van der Waals surface area contributed by atoms with Crippen LogP contribution >= 0.6 is 11.6 Å². The number of benzene rings is 4. The highest BCUT2D eigenvalue weighted by Crippen LogP contribution is 2.37. The Hall–Kier alpha value is -3.83. The molecule has 0 saturated carbocycles. The normalized spacial score (nSPS) is 11.1. The van der Waals surface area contributed by atoms with E-state index in [4.69, 9.17) is 21.1 Å². The van der Waals surface area contributed by atoms with Crippen molar-refractivity contribution >= 4 is 34.5 Å². The van der Waals surface area contributed by atoms with Gasteiger partial charge in [-0.3, -0.25) is 4.79 Å². The summed E-state index contributed by atoms with van der Waals surface area (Å²) in [5, 5.41) is 6.80. The number of rotatable bonds is 9. The average Bonchev–Trinajstić information content (AvgIpc) is 2.85. The molecule has 0 aliphatic rings. The fraction of sp³-hybridized carbons (Fsp3) is 0.200. The Balaban J connectivity index is 1.45. The van der Waals surface area contributed by atoms with Crippen LogP contribution in [0.3, 0.4) is 0 Å². The van der Waals surface area contributed by atoms with Crippen molar-refractivity contribution < 1.29 is 14.3 Å². The first-order chi connectivity index (χ1) is 17.4. The van der Waals surface area contributed by atoms with E-state index in [0.29, 0.717) is 35.3 Å². The highest BCUT2D eigenvalue weighted by Gasteiger charge is 2.13. The average molecular weight is 501 g/mol. The maximum atomic E-state index is 12.3. The number of carbonyl (C=O) groups excluding carboxylic acids is 1. The Kier molecular flexibility index (Phi) is 8.24. The summed E-state index contributed by atoms with van der Waals surface area (Å²) in [5.41, 5.74) is 7.56. The molecule has 0 unspecified atom stereocenters. The van der Waals surface area contributed by atoms with Gasteiger partial charge in [0.05, 0.1) is 24.3 Å². The van der Waals surface area contributed by atoms with E-state index < -0.39 is 0 Å². The molecule has 36 heavy (non-hydrogen) atoms.